The van der Waals surface area contributed by atoms with Gasteiger partial charge in [-0.3, -0.25) is 9.59 Å². The molecule has 1 saturated carbocycles. The number of carbonyl (C=O) groups is 2. The molecule has 0 spiro atoms. The van der Waals surface area contributed by atoms with Crippen LogP contribution in [0.2, 0.25) is 0 Å². The number of aliphatic carboxylic acids is 1. The molecule has 2 rings (SSSR count). The molecule has 0 unspecified atom stereocenters. The Morgan fingerprint density at radius 2 is 2.00 bits per heavy atom. The van der Waals surface area contributed by atoms with Crippen LogP contribution in [-0.4, -0.2) is 30.6 Å². The molecule has 132 valence electrons. The van der Waals surface area contributed by atoms with Crippen molar-refractivity contribution in [2.75, 3.05) is 13.7 Å². The van der Waals surface area contributed by atoms with Crippen LogP contribution in [-0.2, 0) is 15.5 Å². The number of hydrogen-bond acceptors (Lipinski definition) is 3. The molecule has 5 nitrogen and oxygen atoms in total. The van der Waals surface area contributed by atoms with Crippen LogP contribution in [0.4, 0.5) is 8.78 Å². The van der Waals surface area contributed by atoms with Gasteiger partial charge in [0.2, 0.25) is 5.91 Å². The molecular weight excluding hydrogens is 320 g/mol. The number of alkyl halides is 2. The fourth-order valence-corrected chi connectivity index (χ4v) is 3.05. The van der Waals surface area contributed by atoms with Crippen molar-refractivity contribution in [2.45, 2.75) is 32.1 Å². The number of methoxy groups -OCH3 is 1. The lowest BCUT2D eigenvalue weighted by Crippen LogP contribution is -2.40. The van der Waals surface area contributed by atoms with E-state index in [1.165, 1.54) is 25.3 Å². The van der Waals surface area contributed by atoms with Gasteiger partial charge in [-0.1, -0.05) is 18.6 Å². The van der Waals surface area contributed by atoms with Gasteiger partial charge in [0.05, 0.1) is 25.5 Å². The predicted molar refractivity (Wildman–Crippen MR) is 83.1 cm³/mol. The zero-order valence-corrected chi connectivity index (χ0v) is 13.6. The number of halogens is 2. The largest absolute Gasteiger partial charge is 0.496 e. The second kappa shape index (κ2) is 7.15. The standard InChI is InChI=1S/C17H21F2NO4/c1-10-6-7-11(8-14(10)24-2)17(18,19)9-20-15(21)12-4-3-5-13(12)16(22)23/h6-8,12-13H,3-5,9H2,1-2H3,(H,20,21)(H,22,23)/t12-,13+/m1/s1. The maximum Gasteiger partial charge on any atom is 0.307 e. The van der Waals surface area contributed by atoms with Crippen molar-refractivity contribution in [1.29, 1.82) is 0 Å². The number of benzene rings is 1. The van der Waals surface area contributed by atoms with E-state index in [9.17, 15) is 18.4 Å². The van der Waals surface area contributed by atoms with Gasteiger partial charge >= 0.3 is 5.97 Å². The number of amides is 1. The SMILES string of the molecule is COc1cc(C(F)(F)CNC(=O)[C@@H]2CCC[C@@H]2C(=O)O)ccc1C. The van der Waals surface area contributed by atoms with Gasteiger partial charge in [-0.25, -0.2) is 0 Å². The first-order chi connectivity index (χ1) is 11.3. The Morgan fingerprint density at radius 3 is 2.62 bits per heavy atom. The molecule has 2 atom stereocenters. The van der Waals surface area contributed by atoms with Gasteiger partial charge in [0.15, 0.2) is 0 Å². The van der Waals surface area contributed by atoms with Crippen molar-refractivity contribution < 1.29 is 28.2 Å². The van der Waals surface area contributed by atoms with E-state index in [4.69, 9.17) is 9.84 Å². The van der Waals surface area contributed by atoms with Crippen LogP contribution in [0.3, 0.4) is 0 Å². The van der Waals surface area contributed by atoms with Gasteiger partial charge in [0.25, 0.3) is 5.92 Å². The molecule has 1 aromatic rings. The second-order valence-electron chi connectivity index (χ2n) is 6.09. The summed E-state index contributed by atoms with van der Waals surface area (Å²) >= 11 is 0. The molecule has 0 heterocycles. The third kappa shape index (κ3) is 3.83. The molecule has 0 radical (unpaired) electrons. The molecule has 1 amide bonds. The summed E-state index contributed by atoms with van der Waals surface area (Å²) in [5, 5.41) is 11.3. The van der Waals surface area contributed by atoms with Gasteiger partial charge in [-0.15, -0.1) is 0 Å². The number of carboxylic acids is 1. The van der Waals surface area contributed by atoms with Gasteiger partial charge < -0.3 is 15.2 Å². The van der Waals surface area contributed by atoms with Gasteiger partial charge in [0, 0.05) is 5.56 Å². The van der Waals surface area contributed by atoms with Crippen LogP contribution in [0.1, 0.15) is 30.4 Å². The summed E-state index contributed by atoms with van der Waals surface area (Å²) in [6, 6.07) is 4.07. The minimum atomic E-state index is -3.27. The normalized spacial score (nSPS) is 20.7. The van der Waals surface area contributed by atoms with Crippen LogP contribution < -0.4 is 10.1 Å². The molecule has 2 N–H and O–H groups in total. The first-order valence-electron chi connectivity index (χ1n) is 7.79. The Kier molecular flexibility index (Phi) is 5.41. The third-order valence-corrected chi connectivity index (χ3v) is 4.48. The summed E-state index contributed by atoms with van der Waals surface area (Å²) in [5.41, 5.74) is 0.475. The van der Waals surface area contributed by atoms with Gasteiger partial charge in [0.1, 0.15) is 5.75 Å². The number of nitrogens with one attached hydrogen (secondary N) is 1. The minimum absolute atomic E-state index is 0.258. The fraction of sp³-hybridized carbons (Fsp3) is 0.529. The van der Waals surface area contributed by atoms with Crippen molar-refractivity contribution in [1.82, 2.24) is 5.32 Å². The smallest absolute Gasteiger partial charge is 0.307 e. The van der Waals surface area contributed by atoms with Crippen molar-refractivity contribution >= 4 is 11.9 Å². The van der Waals surface area contributed by atoms with Crippen LogP contribution in [0.15, 0.2) is 18.2 Å². The summed E-state index contributed by atoms with van der Waals surface area (Å²) in [7, 11) is 1.40. The van der Waals surface area contributed by atoms with E-state index in [0.29, 0.717) is 25.0 Å². The number of aryl methyl sites for hydroxylation is 1. The molecule has 0 aromatic heterocycles. The highest BCUT2D eigenvalue weighted by Gasteiger charge is 2.39. The lowest BCUT2D eigenvalue weighted by atomic mass is 9.95. The predicted octanol–water partition coefficient (Wildman–Crippen LogP) is 2.71. The molecule has 24 heavy (non-hydrogen) atoms. The first kappa shape index (κ1) is 18.2. The van der Waals surface area contributed by atoms with E-state index < -0.39 is 36.2 Å². The molecule has 1 aromatic carbocycles. The summed E-state index contributed by atoms with van der Waals surface area (Å²) < 4.78 is 33.7. The fourth-order valence-electron chi connectivity index (χ4n) is 3.05. The molecule has 1 aliphatic rings. The van der Waals surface area contributed by atoms with E-state index in [-0.39, 0.29) is 5.56 Å². The van der Waals surface area contributed by atoms with E-state index in [1.54, 1.807) is 6.92 Å². The van der Waals surface area contributed by atoms with Crippen molar-refractivity contribution in [2.24, 2.45) is 11.8 Å². The summed E-state index contributed by atoms with van der Waals surface area (Å²) in [6.07, 6.45) is 1.42. The lowest BCUT2D eigenvalue weighted by molar-refractivity contribution is -0.146. The number of carbonyl (C=O) groups excluding carboxylic acids is 1. The average molecular weight is 341 g/mol. The number of carboxylic acid groups (broad SMARTS) is 1. The highest BCUT2D eigenvalue weighted by Crippen LogP contribution is 2.34. The Labute approximate surface area is 139 Å². The van der Waals surface area contributed by atoms with E-state index in [1.807, 2.05) is 0 Å². The molecule has 7 heteroatoms. The second-order valence-corrected chi connectivity index (χ2v) is 6.09. The molecular formula is C17H21F2NO4. The Bertz CT molecular complexity index is 633. The first-order valence-corrected chi connectivity index (χ1v) is 7.79. The van der Waals surface area contributed by atoms with E-state index in [2.05, 4.69) is 5.32 Å². The van der Waals surface area contributed by atoms with Crippen molar-refractivity contribution in [3.05, 3.63) is 29.3 Å². The zero-order chi connectivity index (χ0) is 17.9. The van der Waals surface area contributed by atoms with Crippen molar-refractivity contribution in [3.8, 4) is 5.75 Å². The Balaban J connectivity index is 2.04. The highest BCUT2D eigenvalue weighted by molar-refractivity contribution is 5.85. The van der Waals surface area contributed by atoms with E-state index >= 15 is 0 Å². The molecule has 1 fully saturated rings. The van der Waals surface area contributed by atoms with Crippen LogP contribution in [0.25, 0.3) is 0 Å². The Morgan fingerprint density at radius 1 is 1.33 bits per heavy atom. The van der Waals surface area contributed by atoms with Crippen LogP contribution >= 0.6 is 0 Å². The van der Waals surface area contributed by atoms with Crippen LogP contribution in [0, 0.1) is 18.8 Å². The van der Waals surface area contributed by atoms with Crippen molar-refractivity contribution in [3.63, 3.8) is 0 Å². The molecule has 0 aliphatic heterocycles. The average Bonchev–Trinajstić information content (AvgIpc) is 3.03. The zero-order valence-electron chi connectivity index (χ0n) is 13.6. The summed E-state index contributed by atoms with van der Waals surface area (Å²) in [4.78, 5) is 23.2. The van der Waals surface area contributed by atoms with Gasteiger partial charge in [-0.05, 0) is 31.4 Å². The number of rotatable bonds is 6. The number of ether oxygens (including phenoxy) is 1. The lowest BCUT2D eigenvalue weighted by Gasteiger charge is -2.21. The van der Waals surface area contributed by atoms with Gasteiger partial charge in [-0.2, -0.15) is 8.78 Å². The monoisotopic (exact) mass is 341 g/mol. The maximum absolute atomic E-state index is 14.3. The van der Waals surface area contributed by atoms with Crippen LogP contribution in [0.5, 0.6) is 5.75 Å². The molecule has 0 saturated heterocycles. The molecule has 0 bridgehead atoms. The number of hydrogen-bond donors (Lipinski definition) is 2. The highest BCUT2D eigenvalue weighted by atomic mass is 19.3. The summed E-state index contributed by atoms with van der Waals surface area (Å²) in [6.45, 7) is 0.871. The topological polar surface area (TPSA) is 75.6 Å². The minimum Gasteiger partial charge on any atom is -0.496 e. The quantitative estimate of drug-likeness (QED) is 0.834. The third-order valence-electron chi connectivity index (χ3n) is 4.48. The summed E-state index contributed by atoms with van der Waals surface area (Å²) in [5.74, 6) is -6.14. The molecule has 1 aliphatic carbocycles. The maximum atomic E-state index is 14.3. The Hall–Kier alpha value is -2.18. The van der Waals surface area contributed by atoms with E-state index in [0.717, 1.165) is 5.56 Å².